The SMILES string of the molecule is C[C@@H](O)C[C@H]1COCCN1C(=O)NCCCc1cccs1. The molecular formula is C15H24N2O3S. The van der Waals surface area contributed by atoms with E-state index in [1.54, 1.807) is 23.2 Å². The lowest BCUT2D eigenvalue weighted by Crippen LogP contribution is -2.53. The summed E-state index contributed by atoms with van der Waals surface area (Å²) < 4.78 is 5.41. The van der Waals surface area contributed by atoms with E-state index in [0.29, 0.717) is 32.7 Å². The highest BCUT2D eigenvalue weighted by Gasteiger charge is 2.27. The number of nitrogens with zero attached hydrogens (tertiary/aromatic N) is 1. The summed E-state index contributed by atoms with van der Waals surface area (Å²) in [7, 11) is 0. The van der Waals surface area contributed by atoms with Crippen molar-refractivity contribution in [2.45, 2.75) is 38.3 Å². The lowest BCUT2D eigenvalue weighted by atomic mass is 10.1. The number of carbonyl (C=O) groups is 1. The first kappa shape index (κ1) is 16.3. The van der Waals surface area contributed by atoms with Crippen LogP contribution in [0.3, 0.4) is 0 Å². The third-order valence-corrected chi connectivity index (χ3v) is 4.49. The number of hydrogen-bond donors (Lipinski definition) is 2. The lowest BCUT2D eigenvalue weighted by molar-refractivity contribution is -0.00428. The normalized spacial score (nSPS) is 20.3. The van der Waals surface area contributed by atoms with Gasteiger partial charge in [-0.15, -0.1) is 11.3 Å². The van der Waals surface area contributed by atoms with Crippen molar-refractivity contribution < 1.29 is 14.6 Å². The molecule has 5 nitrogen and oxygen atoms in total. The van der Waals surface area contributed by atoms with Crippen LogP contribution in [0.2, 0.25) is 0 Å². The molecule has 2 atom stereocenters. The fourth-order valence-electron chi connectivity index (χ4n) is 2.53. The molecular weight excluding hydrogens is 288 g/mol. The predicted octanol–water partition coefficient (Wildman–Crippen LogP) is 1.86. The van der Waals surface area contributed by atoms with Crippen LogP contribution in [0, 0.1) is 0 Å². The molecule has 2 amide bonds. The highest BCUT2D eigenvalue weighted by molar-refractivity contribution is 7.09. The molecule has 1 fully saturated rings. The lowest BCUT2D eigenvalue weighted by Gasteiger charge is -2.36. The standard InChI is InChI=1S/C15H24N2O3S/c1-12(18)10-13-11-20-8-7-17(13)15(19)16-6-2-4-14-5-3-9-21-14/h3,5,9,12-13,18H,2,4,6-8,10-11H2,1H3,(H,16,19)/t12-,13+/m1/s1. The zero-order chi connectivity index (χ0) is 15.1. The van der Waals surface area contributed by atoms with Crippen LogP contribution in [0.5, 0.6) is 0 Å². The van der Waals surface area contributed by atoms with Crippen molar-refractivity contribution in [1.82, 2.24) is 10.2 Å². The van der Waals surface area contributed by atoms with E-state index < -0.39 is 6.10 Å². The van der Waals surface area contributed by atoms with Crippen LogP contribution in [-0.2, 0) is 11.2 Å². The minimum Gasteiger partial charge on any atom is -0.393 e. The van der Waals surface area contributed by atoms with Gasteiger partial charge in [-0.05, 0) is 37.6 Å². The summed E-state index contributed by atoms with van der Waals surface area (Å²) in [4.78, 5) is 15.4. The van der Waals surface area contributed by atoms with Gasteiger partial charge < -0.3 is 20.1 Å². The van der Waals surface area contributed by atoms with E-state index in [1.165, 1.54) is 4.88 Å². The zero-order valence-electron chi connectivity index (χ0n) is 12.5. The van der Waals surface area contributed by atoms with Gasteiger partial charge in [0.25, 0.3) is 0 Å². The van der Waals surface area contributed by atoms with Gasteiger partial charge in [-0.2, -0.15) is 0 Å². The molecule has 0 saturated carbocycles. The molecule has 2 N–H and O–H groups in total. The molecule has 0 unspecified atom stereocenters. The predicted molar refractivity (Wildman–Crippen MR) is 83.6 cm³/mol. The number of hydrogen-bond acceptors (Lipinski definition) is 4. The Kier molecular flexibility index (Phi) is 6.48. The number of aryl methyl sites for hydroxylation is 1. The number of rotatable bonds is 6. The Labute approximate surface area is 129 Å². The van der Waals surface area contributed by atoms with Crippen molar-refractivity contribution >= 4 is 17.4 Å². The highest BCUT2D eigenvalue weighted by Crippen LogP contribution is 2.13. The van der Waals surface area contributed by atoms with E-state index in [-0.39, 0.29) is 12.1 Å². The monoisotopic (exact) mass is 312 g/mol. The number of aliphatic hydroxyl groups excluding tert-OH is 1. The minimum absolute atomic E-state index is 0.0314. The molecule has 1 aromatic heterocycles. The van der Waals surface area contributed by atoms with E-state index in [9.17, 15) is 9.90 Å². The zero-order valence-corrected chi connectivity index (χ0v) is 13.3. The topological polar surface area (TPSA) is 61.8 Å². The third-order valence-electron chi connectivity index (χ3n) is 3.56. The molecule has 118 valence electrons. The van der Waals surface area contributed by atoms with Crippen LogP contribution in [0.25, 0.3) is 0 Å². The molecule has 1 aromatic rings. The van der Waals surface area contributed by atoms with Gasteiger partial charge in [0, 0.05) is 18.0 Å². The molecule has 1 aliphatic heterocycles. The fourth-order valence-corrected chi connectivity index (χ4v) is 3.28. The maximum atomic E-state index is 12.2. The summed E-state index contributed by atoms with van der Waals surface area (Å²) in [5.41, 5.74) is 0. The van der Waals surface area contributed by atoms with Crippen LogP contribution in [0.1, 0.15) is 24.6 Å². The van der Waals surface area contributed by atoms with Crippen molar-refractivity contribution in [3.05, 3.63) is 22.4 Å². The van der Waals surface area contributed by atoms with Gasteiger partial charge in [0.2, 0.25) is 0 Å². The summed E-state index contributed by atoms with van der Waals surface area (Å²) in [5.74, 6) is 0. The first-order valence-corrected chi connectivity index (χ1v) is 8.37. The van der Waals surface area contributed by atoms with Gasteiger partial charge in [0.05, 0.1) is 25.4 Å². The summed E-state index contributed by atoms with van der Waals surface area (Å²) in [6.45, 7) is 4.09. The number of thiophene rings is 1. The van der Waals surface area contributed by atoms with Gasteiger partial charge >= 0.3 is 6.03 Å². The van der Waals surface area contributed by atoms with Crippen molar-refractivity contribution in [3.8, 4) is 0 Å². The van der Waals surface area contributed by atoms with Crippen LogP contribution in [0.4, 0.5) is 4.79 Å². The van der Waals surface area contributed by atoms with Gasteiger partial charge in [0.15, 0.2) is 0 Å². The Morgan fingerprint density at radius 1 is 1.67 bits per heavy atom. The average Bonchev–Trinajstić information content (AvgIpc) is 2.96. The van der Waals surface area contributed by atoms with E-state index >= 15 is 0 Å². The molecule has 0 spiro atoms. The number of amides is 2. The van der Waals surface area contributed by atoms with Crippen molar-refractivity contribution in [2.24, 2.45) is 0 Å². The summed E-state index contributed by atoms with van der Waals surface area (Å²) in [6, 6.07) is 4.09. The quantitative estimate of drug-likeness (QED) is 0.788. The van der Waals surface area contributed by atoms with E-state index in [2.05, 4.69) is 16.8 Å². The fraction of sp³-hybridized carbons (Fsp3) is 0.667. The smallest absolute Gasteiger partial charge is 0.317 e. The number of morpholine rings is 1. The van der Waals surface area contributed by atoms with Crippen LogP contribution in [-0.4, -0.2) is 54.5 Å². The van der Waals surface area contributed by atoms with Crippen molar-refractivity contribution in [3.63, 3.8) is 0 Å². The second kappa shape index (κ2) is 8.36. The van der Waals surface area contributed by atoms with Crippen molar-refractivity contribution in [1.29, 1.82) is 0 Å². The van der Waals surface area contributed by atoms with E-state index in [4.69, 9.17) is 4.74 Å². The summed E-state index contributed by atoms with van der Waals surface area (Å²) in [6.07, 6.45) is 2.07. The first-order valence-electron chi connectivity index (χ1n) is 7.49. The molecule has 0 aromatic carbocycles. The Morgan fingerprint density at radius 2 is 2.52 bits per heavy atom. The molecule has 2 heterocycles. The maximum absolute atomic E-state index is 12.2. The van der Waals surface area contributed by atoms with Gasteiger partial charge in [-0.3, -0.25) is 0 Å². The van der Waals surface area contributed by atoms with Crippen LogP contribution < -0.4 is 5.32 Å². The molecule has 0 aliphatic carbocycles. The Bertz CT molecular complexity index is 423. The highest BCUT2D eigenvalue weighted by atomic mass is 32.1. The summed E-state index contributed by atoms with van der Waals surface area (Å²) in [5, 5.41) is 14.6. The van der Waals surface area contributed by atoms with Crippen molar-refractivity contribution in [2.75, 3.05) is 26.3 Å². The number of urea groups is 1. The van der Waals surface area contributed by atoms with E-state index in [1.807, 2.05) is 6.07 Å². The molecule has 0 radical (unpaired) electrons. The van der Waals surface area contributed by atoms with E-state index in [0.717, 1.165) is 12.8 Å². The molecule has 1 aliphatic rings. The maximum Gasteiger partial charge on any atom is 0.317 e. The molecule has 1 saturated heterocycles. The summed E-state index contributed by atoms with van der Waals surface area (Å²) >= 11 is 1.75. The first-order chi connectivity index (χ1) is 10.2. The van der Waals surface area contributed by atoms with Gasteiger partial charge in [0.1, 0.15) is 0 Å². The molecule has 2 rings (SSSR count). The molecule has 21 heavy (non-hydrogen) atoms. The third kappa shape index (κ3) is 5.30. The number of aliphatic hydroxyl groups is 1. The Hall–Kier alpha value is -1.11. The Balaban J connectivity index is 1.72. The number of nitrogens with one attached hydrogen (secondary N) is 1. The van der Waals surface area contributed by atoms with Gasteiger partial charge in [-0.25, -0.2) is 4.79 Å². The number of carbonyl (C=O) groups excluding carboxylic acids is 1. The minimum atomic E-state index is -0.425. The number of ether oxygens (including phenoxy) is 1. The van der Waals surface area contributed by atoms with Crippen LogP contribution >= 0.6 is 11.3 Å². The molecule has 0 bridgehead atoms. The second-order valence-corrected chi connectivity index (χ2v) is 6.45. The Morgan fingerprint density at radius 3 is 3.24 bits per heavy atom. The largest absolute Gasteiger partial charge is 0.393 e. The van der Waals surface area contributed by atoms with Crippen LogP contribution in [0.15, 0.2) is 17.5 Å². The molecule has 6 heteroatoms. The second-order valence-electron chi connectivity index (χ2n) is 5.42. The average molecular weight is 312 g/mol. The van der Waals surface area contributed by atoms with Gasteiger partial charge in [-0.1, -0.05) is 6.07 Å².